The summed E-state index contributed by atoms with van der Waals surface area (Å²) in [5, 5.41) is 8.92. The van der Waals surface area contributed by atoms with E-state index in [9.17, 15) is 9.59 Å². The Bertz CT molecular complexity index is 317. The van der Waals surface area contributed by atoms with Crippen LogP contribution in [0, 0.1) is 5.92 Å². The zero-order valence-electron chi connectivity index (χ0n) is 11.3. The number of amides is 1. The minimum Gasteiger partial charge on any atom is -0.481 e. The lowest BCUT2D eigenvalue weighted by molar-refractivity contribution is -0.145. The van der Waals surface area contributed by atoms with Crippen molar-refractivity contribution in [3.8, 4) is 0 Å². The summed E-state index contributed by atoms with van der Waals surface area (Å²) in [6.45, 7) is 1.99. The lowest BCUT2D eigenvalue weighted by Crippen LogP contribution is -2.40. The van der Waals surface area contributed by atoms with Gasteiger partial charge in [-0.1, -0.05) is 0 Å². The molecule has 2 fully saturated rings. The van der Waals surface area contributed by atoms with E-state index in [0.717, 1.165) is 25.9 Å². The fraction of sp³-hybridized carbons (Fsp3) is 0.857. The second kappa shape index (κ2) is 6.89. The molecule has 2 heterocycles. The van der Waals surface area contributed by atoms with E-state index in [2.05, 4.69) is 0 Å². The molecule has 2 saturated heterocycles. The minimum absolute atomic E-state index is 0.151. The van der Waals surface area contributed by atoms with Crippen molar-refractivity contribution >= 4 is 11.9 Å². The number of hydrogen-bond acceptors (Lipinski definition) is 3. The fourth-order valence-corrected chi connectivity index (χ4v) is 2.85. The first-order valence-corrected chi connectivity index (χ1v) is 7.29. The average molecular weight is 269 g/mol. The van der Waals surface area contributed by atoms with Crippen LogP contribution in [0.4, 0.5) is 0 Å². The topological polar surface area (TPSA) is 66.8 Å². The Labute approximate surface area is 113 Å². The minimum atomic E-state index is -0.734. The van der Waals surface area contributed by atoms with E-state index < -0.39 is 5.97 Å². The molecule has 0 aliphatic carbocycles. The molecule has 0 radical (unpaired) electrons. The number of ether oxygens (including phenoxy) is 1. The number of piperidine rings is 1. The molecule has 5 nitrogen and oxygen atoms in total. The third-order valence-corrected chi connectivity index (χ3v) is 4.15. The smallest absolute Gasteiger partial charge is 0.306 e. The Kier molecular flexibility index (Phi) is 5.19. The number of carbonyl (C=O) groups is 2. The van der Waals surface area contributed by atoms with Crippen LogP contribution in [0.15, 0.2) is 0 Å². The number of hydrogen-bond donors (Lipinski definition) is 1. The molecule has 1 atom stereocenters. The van der Waals surface area contributed by atoms with Crippen molar-refractivity contribution in [2.24, 2.45) is 5.92 Å². The largest absolute Gasteiger partial charge is 0.481 e. The third-order valence-electron chi connectivity index (χ3n) is 4.15. The van der Waals surface area contributed by atoms with Gasteiger partial charge in [0.2, 0.25) is 5.91 Å². The van der Waals surface area contributed by atoms with Gasteiger partial charge in [-0.2, -0.15) is 0 Å². The summed E-state index contributed by atoms with van der Waals surface area (Å²) in [7, 11) is 0. The van der Waals surface area contributed by atoms with Gasteiger partial charge in [0.25, 0.3) is 0 Å². The molecule has 1 amide bonds. The molecule has 0 aromatic rings. The van der Waals surface area contributed by atoms with Crippen molar-refractivity contribution in [2.45, 2.75) is 51.0 Å². The van der Waals surface area contributed by atoms with E-state index in [1.165, 1.54) is 6.42 Å². The van der Waals surface area contributed by atoms with E-state index in [-0.39, 0.29) is 17.9 Å². The van der Waals surface area contributed by atoms with E-state index >= 15 is 0 Å². The molecule has 0 saturated carbocycles. The van der Waals surface area contributed by atoms with Crippen LogP contribution in [0.5, 0.6) is 0 Å². The predicted molar refractivity (Wildman–Crippen MR) is 69.8 cm³/mol. The number of aliphatic carboxylic acids is 1. The van der Waals surface area contributed by atoms with E-state index in [4.69, 9.17) is 9.84 Å². The van der Waals surface area contributed by atoms with Crippen molar-refractivity contribution in [1.82, 2.24) is 4.90 Å². The molecule has 0 aromatic heterocycles. The van der Waals surface area contributed by atoms with Gasteiger partial charge in [0.05, 0.1) is 12.0 Å². The molecule has 2 rings (SSSR count). The van der Waals surface area contributed by atoms with Crippen molar-refractivity contribution in [3.63, 3.8) is 0 Å². The van der Waals surface area contributed by atoms with Gasteiger partial charge >= 0.3 is 5.97 Å². The van der Waals surface area contributed by atoms with Crippen LogP contribution in [0.2, 0.25) is 0 Å². The number of rotatable bonds is 4. The molecule has 5 heteroatoms. The number of carbonyl (C=O) groups excluding carboxylic acids is 1. The first kappa shape index (κ1) is 14.3. The van der Waals surface area contributed by atoms with Gasteiger partial charge in [-0.3, -0.25) is 9.59 Å². The zero-order valence-corrected chi connectivity index (χ0v) is 11.3. The van der Waals surface area contributed by atoms with Gasteiger partial charge in [0, 0.05) is 26.1 Å². The molecule has 1 unspecified atom stereocenters. The first-order valence-electron chi connectivity index (χ1n) is 7.29. The Morgan fingerprint density at radius 2 is 1.89 bits per heavy atom. The lowest BCUT2D eigenvalue weighted by Gasteiger charge is -2.31. The molecule has 19 heavy (non-hydrogen) atoms. The highest BCUT2D eigenvalue weighted by Crippen LogP contribution is 2.20. The highest BCUT2D eigenvalue weighted by atomic mass is 16.5. The lowest BCUT2D eigenvalue weighted by atomic mass is 9.96. The summed E-state index contributed by atoms with van der Waals surface area (Å²) in [6, 6.07) is 0. The van der Waals surface area contributed by atoms with Crippen LogP contribution in [-0.2, 0) is 14.3 Å². The quantitative estimate of drug-likeness (QED) is 0.843. The second-order valence-corrected chi connectivity index (χ2v) is 5.52. The second-order valence-electron chi connectivity index (χ2n) is 5.52. The summed E-state index contributed by atoms with van der Waals surface area (Å²) < 4.78 is 5.62. The summed E-state index contributed by atoms with van der Waals surface area (Å²) in [5.74, 6) is -0.855. The third kappa shape index (κ3) is 4.20. The molecule has 0 bridgehead atoms. The van der Waals surface area contributed by atoms with E-state index in [1.807, 2.05) is 4.90 Å². The molecule has 2 aliphatic rings. The highest BCUT2D eigenvalue weighted by Gasteiger charge is 2.27. The van der Waals surface area contributed by atoms with Crippen LogP contribution in [0.25, 0.3) is 0 Å². The van der Waals surface area contributed by atoms with Crippen molar-refractivity contribution in [2.75, 3.05) is 19.7 Å². The number of likely N-dealkylation sites (tertiary alicyclic amines) is 1. The molecule has 1 N–H and O–H groups in total. The first-order chi connectivity index (χ1) is 9.16. The average Bonchev–Trinajstić information content (AvgIpc) is 2.46. The van der Waals surface area contributed by atoms with E-state index in [1.54, 1.807) is 0 Å². The maximum absolute atomic E-state index is 12.0. The van der Waals surface area contributed by atoms with Crippen LogP contribution in [0.1, 0.15) is 44.9 Å². The number of nitrogens with zero attached hydrogens (tertiary/aromatic N) is 1. The Morgan fingerprint density at radius 3 is 2.47 bits per heavy atom. The van der Waals surface area contributed by atoms with Crippen LogP contribution < -0.4 is 0 Å². The monoisotopic (exact) mass is 269 g/mol. The fourth-order valence-electron chi connectivity index (χ4n) is 2.85. The van der Waals surface area contributed by atoms with Crippen molar-refractivity contribution in [3.05, 3.63) is 0 Å². The highest BCUT2D eigenvalue weighted by molar-refractivity contribution is 5.77. The maximum Gasteiger partial charge on any atom is 0.306 e. The Balaban J connectivity index is 1.67. The molecule has 108 valence electrons. The van der Waals surface area contributed by atoms with Crippen molar-refractivity contribution in [1.29, 1.82) is 0 Å². The van der Waals surface area contributed by atoms with Crippen molar-refractivity contribution < 1.29 is 19.4 Å². The molecular weight excluding hydrogens is 246 g/mol. The van der Waals surface area contributed by atoms with Gasteiger partial charge in [-0.25, -0.2) is 0 Å². The SMILES string of the molecule is O=C(O)C1CCN(C(=O)CCC2CCCCO2)CC1. The van der Waals surface area contributed by atoms with Gasteiger partial charge in [-0.15, -0.1) is 0 Å². The maximum atomic E-state index is 12.0. The molecular formula is C14H23NO4. The van der Waals surface area contributed by atoms with Gasteiger partial charge in [-0.05, 0) is 38.5 Å². The molecule has 2 aliphatic heterocycles. The standard InChI is InChI=1S/C14H23NO4/c16-13(5-4-12-3-1-2-10-19-12)15-8-6-11(7-9-15)14(17)18/h11-12H,1-10H2,(H,17,18). The predicted octanol–water partition coefficient (Wildman–Crippen LogP) is 1.66. The molecule has 0 aromatic carbocycles. The Hall–Kier alpha value is -1.10. The Morgan fingerprint density at radius 1 is 1.16 bits per heavy atom. The van der Waals surface area contributed by atoms with E-state index in [0.29, 0.717) is 32.4 Å². The summed E-state index contributed by atoms with van der Waals surface area (Å²) in [5.41, 5.74) is 0. The number of carboxylic acid groups (broad SMARTS) is 1. The zero-order chi connectivity index (χ0) is 13.7. The summed E-state index contributed by atoms with van der Waals surface area (Å²) in [4.78, 5) is 24.7. The normalized spacial score (nSPS) is 25.3. The molecule has 0 spiro atoms. The van der Waals surface area contributed by atoms with Crippen LogP contribution in [-0.4, -0.2) is 47.7 Å². The number of carboxylic acids is 1. The van der Waals surface area contributed by atoms with Gasteiger partial charge < -0.3 is 14.7 Å². The van der Waals surface area contributed by atoms with Gasteiger partial charge in [0.1, 0.15) is 0 Å². The summed E-state index contributed by atoms with van der Waals surface area (Å²) >= 11 is 0. The summed E-state index contributed by atoms with van der Waals surface area (Å²) in [6.07, 6.45) is 6.14. The van der Waals surface area contributed by atoms with Gasteiger partial charge in [0.15, 0.2) is 0 Å². The van der Waals surface area contributed by atoms with Crippen LogP contribution >= 0.6 is 0 Å². The van der Waals surface area contributed by atoms with Crippen LogP contribution in [0.3, 0.4) is 0 Å².